The molecule has 1 fully saturated rings. The molecule has 0 aliphatic heterocycles. The van der Waals surface area contributed by atoms with Crippen LogP contribution >= 0.6 is 0 Å². The Balaban J connectivity index is 1.47. The van der Waals surface area contributed by atoms with Crippen LogP contribution < -0.4 is 9.47 Å². The molecule has 3 rings (SSSR count). The van der Waals surface area contributed by atoms with Crippen LogP contribution in [0, 0.1) is 5.92 Å². The molecule has 2 aromatic rings. The fourth-order valence-corrected chi connectivity index (χ4v) is 4.28. The van der Waals surface area contributed by atoms with Crippen LogP contribution in [-0.4, -0.2) is 12.6 Å². The third-order valence-corrected chi connectivity index (χ3v) is 6.34. The molecule has 162 valence electrons. The van der Waals surface area contributed by atoms with Gasteiger partial charge in [0.2, 0.25) is 0 Å². The quantitative estimate of drug-likeness (QED) is 0.231. The topological polar surface area (TPSA) is 35.5 Å². The van der Waals surface area contributed by atoms with E-state index in [9.17, 15) is 4.79 Å². The van der Waals surface area contributed by atoms with Crippen molar-refractivity contribution in [2.24, 2.45) is 5.92 Å². The summed E-state index contributed by atoms with van der Waals surface area (Å²) in [6, 6.07) is 15.3. The van der Waals surface area contributed by atoms with Crippen molar-refractivity contribution in [1.82, 2.24) is 0 Å². The van der Waals surface area contributed by atoms with Crippen molar-refractivity contribution >= 4 is 5.97 Å². The van der Waals surface area contributed by atoms with E-state index < -0.39 is 0 Å². The van der Waals surface area contributed by atoms with E-state index in [0.29, 0.717) is 17.2 Å². The molecule has 0 radical (unpaired) electrons. The number of hydrogen-bond acceptors (Lipinski definition) is 3. The third-order valence-electron chi connectivity index (χ3n) is 6.34. The van der Waals surface area contributed by atoms with E-state index in [-0.39, 0.29) is 5.97 Å². The molecule has 0 amide bonds. The molecule has 0 heterocycles. The Labute approximate surface area is 181 Å². The number of carbonyl (C=O) groups is 1. The van der Waals surface area contributed by atoms with Gasteiger partial charge in [0, 0.05) is 0 Å². The van der Waals surface area contributed by atoms with E-state index in [1.54, 1.807) is 12.1 Å². The molecule has 0 unspecified atom stereocenters. The first kappa shape index (κ1) is 22.4. The molecule has 1 aliphatic carbocycles. The molecule has 2 aromatic carbocycles. The Morgan fingerprint density at radius 1 is 0.833 bits per heavy atom. The van der Waals surface area contributed by atoms with Gasteiger partial charge in [0.05, 0.1) is 12.2 Å². The number of ether oxygens (including phenoxy) is 2. The summed E-state index contributed by atoms with van der Waals surface area (Å²) in [5.41, 5.74) is 1.94. The number of carbonyl (C=O) groups excluding carboxylic acids is 1. The van der Waals surface area contributed by atoms with Crippen LogP contribution in [0.4, 0.5) is 0 Å². The Kier molecular flexibility index (Phi) is 8.80. The highest BCUT2D eigenvalue weighted by molar-refractivity contribution is 5.91. The SMILES string of the molecule is CCCCCCOc1ccc(OC(=O)c2ccc(C3CCC(CC)CC3)cc2)cc1. The fourth-order valence-electron chi connectivity index (χ4n) is 4.28. The zero-order valence-electron chi connectivity index (χ0n) is 18.6. The third kappa shape index (κ3) is 6.62. The van der Waals surface area contributed by atoms with Gasteiger partial charge in [-0.3, -0.25) is 0 Å². The van der Waals surface area contributed by atoms with Crippen molar-refractivity contribution in [3.8, 4) is 11.5 Å². The summed E-state index contributed by atoms with van der Waals surface area (Å²) < 4.78 is 11.3. The predicted molar refractivity (Wildman–Crippen MR) is 122 cm³/mol. The van der Waals surface area contributed by atoms with Gasteiger partial charge in [0.1, 0.15) is 11.5 Å². The number of rotatable bonds is 10. The van der Waals surface area contributed by atoms with Crippen LogP contribution in [-0.2, 0) is 0 Å². The van der Waals surface area contributed by atoms with Gasteiger partial charge in [-0.1, -0.05) is 51.7 Å². The predicted octanol–water partition coefficient (Wildman–Crippen LogP) is 7.55. The molecule has 3 heteroatoms. The second-order valence-corrected chi connectivity index (χ2v) is 8.52. The van der Waals surface area contributed by atoms with Gasteiger partial charge < -0.3 is 9.47 Å². The van der Waals surface area contributed by atoms with Gasteiger partial charge in [-0.15, -0.1) is 0 Å². The van der Waals surface area contributed by atoms with E-state index in [0.717, 1.165) is 24.7 Å². The van der Waals surface area contributed by atoms with Crippen molar-refractivity contribution in [1.29, 1.82) is 0 Å². The molecular weight excluding hydrogens is 372 g/mol. The van der Waals surface area contributed by atoms with Crippen LogP contribution in [0.3, 0.4) is 0 Å². The van der Waals surface area contributed by atoms with Gasteiger partial charge >= 0.3 is 5.97 Å². The summed E-state index contributed by atoms with van der Waals surface area (Å²) in [4.78, 5) is 12.5. The molecule has 0 spiro atoms. The minimum atomic E-state index is -0.315. The molecule has 0 N–H and O–H groups in total. The summed E-state index contributed by atoms with van der Waals surface area (Å²) in [6.45, 7) is 5.22. The standard InChI is InChI=1S/C27H36O3/c1-3-5-6-7-20-29-25-16-18-26(19-17-25)30-27(28)24-14-12-23(13-15-24)22-10-8-21(4-2)9-11-22/h12-19,21-22H,3-11,20H2,1-2H3. The van der Waals surface area contributed by atoms with Crippen molar-refractivity contribution in [2.75, 3.05) is 6.61 Å². The van der Waals surface area contributed by atoms with Crippen LogP contribution in [0.15, 0.2) is 48.5 Å². The fraction of sp³-hybridized carbons (Fsp3) is 0.519. The van der Waals surface area contributed by atoms with E-state index >= 15 is 0 Å². The van der Waals surface area contributed by atoms with Gasteiger partial charge in [-0.05, 0) is 85.9 Å². The first-order chi connectivity index (χ1) is 14.7. The molecule has 1 saturated carbocycles. The first-order valence-electron chi connectivity index (χ1n) is 11.7. The van der Waals surface area contributed by atoms with E-state index in [4.69, 9.17) is 9.47 Å². The summed E-state index contributed by atoms with van der Waals surface area (Å²) in [6.07, 6.45) is 11.2. The number of unbranched alkanes of at least 4 members (excludes halogenated alkanes) is 3. The summed E-state index contributed by atoms with van der Waals surface area (Å²) in [5, 5.41) is 0. The highest BCUT2D eigenvalue weighted by atomic mass is 16.5. The van der Waals surface area contributed by atoms with Crippen molar-refractivity contribution in [2.45, 2.75) is 77.6 Å². The van der Waals surface area contributed by atoms with Crippen molar-refractivity contribution in [3.63, 3.8) is 0 Å². The number of esters is 1. The molecular formula is C27H36O3. The lowest BCUT2D eigenvalue weighted by Gasteiger charge is -2.28. The number of hydrogen-bond donors (Lipinski definition) is 0. The summed E-state index contributed by atoms with van der Waals surface area (Å²) >= 11 is 0. The average Bonchev–Trinajstić information content (AvgIpc) is 2.80. The van der Waals surface area contributed by atoms with Gasteiger partial charge in [-0.25, -0.2) is 4.79 Å². The summed E-state index contributed by atoms with van der Waals surface area (Å²) in [5.74, 6) is 2.57. The normalized spacial score (nSPS) is 18.7. The maximum atomic E-state index is 12.5. The first-order valence-corrected chi connectivity index (χ1v) is 11.7. The van der Waals surface area contributed by atoms with E-state index in [1.807, 2.05) is 24.3 Å². The highest BCUT2D eigenvalue weighted by Gasteiger charge is 2.21. The zero-order valence-corrected chi connectivity index (χ0v) is 18.6. The molecule has 0 saturated heterocycles. The molecule has 30 heavy (non-hydrogen) atoms. The van der Waals surface area contributed by atoms with Crippen molar-refractivity contribution in [3.05, 3.63) is 59.7 Å². The lowest BCUT2D eigenvalue weighted by Crippen LogP contribution is -2.13. The Bertz CT molecular complexity index is 756. The van der Waals surface area contributed by atoms with Gasteiger partial charge in [-0.2, -0.15) is 0 Å². The van der Waals surface area contributed by atoms with Crippen LogP contribution in [0.1, 0.15) is 93.5 Å². The largest absolute Gasteiger partial charge is 0.494 e. The lowest BCUT2D eigenvalue weighted by molar-refractivity contribution is 0.0734. The van der Waals surface area contributed by atoms with Crippen molar-refractivity contribution < 1.29 is 14.3 Å². The molecule has 1 aliphatic rings. The minimum absolute atomic E-state index is 0.315. The molecule has 0 bridgehead atoms. The maximum absolute atomic E-state index is 12.5. The number of benzene rings is 2. The average molecular weight is 409 g/mol. The molecule has 3 nitrogen and oxygen atoms in total. The molecule has 0 atom stereocenters. The second kappa shape index (κ2) is 11.8. The Morgan fingerprint density at radius 2 is 1.50 bits per heavy atom. The van der Waals surface area contributed by atoms with E-state index in [1.165, 1.54) is 56.9 Å². The highest BCUT2D eigenvalue weighted by Crippen LogP contribution is 2.37. The van der Waals surface area contributed by atoms with Gasteiger partial charge in [0.25, 0.3) is 0 Å². The van der Waals surface area contributed by atoms with Crippen LogP contribution in [0.2, 0.25) is 0 Å². The second-order valence-electron chi connectivity index (χ2n) is 8.52. The van der Waals surface area contributed by atoms with E-state index in [2.05, 4.69) is 26.0 Å². The Hall–Kier alpha value is -2.29. The zero-order chi connectivity index (χ0) is 21.2. The van der Waals surface area contributed by atoms with Gasteiger partial charge in [0.15, 0.2) is 0 Å². The monoisotopic (exact) mass is 408 g/mol. The maximum Gasteiger partial charge on any atom is 0.343 e. The Morgan fingerprint density at radius 3 is 2.13 bits per heavy atom. The lowest BCUT2D eigenvalue weighted by atomic mass is 9.78. The molecule has 0 aromatic heterocycles. The smallest absolute Gasteiger partial charge is 0.343 e. The minimum Gasteiger partial charge on any atom is -0.494 e. The van der Waals surface area contributed by atoms with Crippen LogP contribution in [0.25, 0.3) is 0 Å². The summed E-state index contributed by atoms with van der Waals surface area (Å²) in [7, 11) is 0. The van der Waals surface area contributed by atoms with Crippen LogP contribution in [0.5, 0.6) is 11.5 Å².